The molecule has 104 valence electrons. The number of para-hydroxylation sites is 1. The highest BCUT2D eigenvalue weighted by Crippen LogP contribution is 2.21. The fraction of sp³-hybridized carbons (Fsp3) is 0.154. The minimum Gasteiger partial charge on any atom is -0.324 e. The van der Waals surface area contributed by atoms with Crippen LogP contribution in [0.4, 0.5) is 5.69 Å². The van der Waals surface area contributed by atoms with E-state index >= 15 is 0 Å². The predicted molar refractivity (Wildman–Crippen MR) is 88.7 cm³/mol. The molecule has 1 heterocycles. The van der Waals surface area contributed by atoms with Crippen molar-refractivity contribution < 1.29 is 4.79 Å². The Morgan fingerprint density at radius 3 is 2.85 bits per heavy atom. The first-order chi connectivity index (χ1) is 9.49. The Hall–Kier alpha value is -1.22. The number of hydrogen-bond donors (Lipinski definition) is 1. The molecule has 1 N–H and O–H groups in total. The summed E-state index contributed by atoms with van der Waals surface area (Å²) in [6.07, 6.45) is 1.50. The number of amides is 1. The van der Waals surface area contributed by atoms with Crippen LogP contribution in [0.3, 0.4) is 0 Å². The van der Waals surface area contributed by atoms with Crippen molar-refractivity contribution in [1.29, 1.82) is 0 Å². The summed E-state index contributed by atoms with van der Waals surface area (Å²) in [5.41, 5.74) is 0.460. The molecule has 5 nitrogen and oxygen atoms in total. The van der Waals surface area contributed by atoms with E-state index in [-0.39, 0.29) is 18.0 Å². The molecule has 1 amide bonds. The van der Waals surface area contributed by atoms with Crippen molar-refractivity contribution in [2.45, 2.75) is 13.5 Å². The monoisotopic (exact) mass is 447 g/mol. The van der Waals surface area contributed by atoms with E-state index in [0.717, 1.165) is 4.47 Å². The lowest BCUT2D eigenvalue weighted by Crippen LogP contribution is -2.31. The van der Waals surface area contributed by atoms with Gasteiger partial charge in [-0.15, -0.1) is 0 Å². The lowest BCUT2D eigenvalue weighted by Gasteiger charge is -2.10. The first-order valence-electron chi connectivity index (χ1n) is 5.75. The topological polar surface area (TPSA) is 64.0 Å². The van der Waals surface area contributed by atoms with E-state index < -0.39 is 0 Å². The van der Waals surface area contributed by atoms with Crippen molar-refractivity contribution >= 4 is 50.1 Å². The van der Waals surface area contributed by atoms with Crippen molar-refractivity contribution in [2.75, 3.05) is 5.32 Å². The third-order valence-electron chi connectivity index (χ3n) is 2.65. The molecule has 0 fully saturated rings. The largest absolute Gasteiger partial charge is 0.324 e. The fourth-order valence-electron chi connectivity index (χ4n) is 1.63. The van der Waals surface area contributed by atoms with Crippen LogP contribution in [0, 0.1) is 10.5 Å². The summed E-state index contributed by atoms with van der Waals surface area (Å²) in [7, 11) is 0. The molecule has 1 aromatic heterocycles. The maximum Gasteiger partial charge on any atom is 0.267 e. The molecular formula is C13H11BrIN3O2. The van der Waals surface area contributed by atoms with Crippen molar-refractivity contribution in [3.63, 3.8) is 0 Å². The average molecular weight is 448 g/mol. The van der Waals surface area contributed by atoms with Gasteiger partial charge in [-0.25, -0.2) is 4.98 Å². The molecule has 0 saturated carbocycles. The van der Waals surface area contributed by atoms with Gasteiger partial charge in [-0.2, -0.15) is 0 Å². The highest BCUT2D eigenvalue weighted by molar-refractivity contribution is 14.1. The van der Waals surface area contributed by atoms with Crippen molar-refractivity contribution in [1.82, 2.24) is 9.55 Å². The normalized spacial score (nSPS) is 10.3. The maximum absolute atomic E-state index is 12.0. The molecule has 1 aromatic carbocycles. The van der Waals surface area contributed by atoms with E-state index in [0.29, 0.717) is 15.1 Å². The first-order valence-corrected chi connectivity index (χ1v) is 7.62. The molecular weight excluding hydrogens is 437 g/mol. The summed E-state index contributed by atoms with van der Waals surface area (Å²) in [5.74, 6) is 0.239. The summed E-state index contributed by atoms with van der Waals surface area (Å²) >= 11 is 5.26. The van der Waals surface area contributed by atoms with Gasteiger partial charge in [0.2, 0.25) is 5.91 Å². The standard InChI is InChI=1S/C13H11BrIN3O2/c1-8-16-6-10(15)13(20)18(8)7-12(19)17-11-5-3-2-4-9(11)14/h2-6H,7H2,1H3,(H,17,19). The van der Waals surface area contributed by atoms with Gasteiger partial charge in [0.15, 0.2) is 0 Å². The van der Waals surface area contributed by atoms with Gasteiger partial charge in [-0.3, -0.25) is 14.2 Å². The number of nitrogens with one attached hydrogen (secondary N) is 1. The number of carbonyl (C=O) groups is 1. The van der Waals surface area contributed by atoms with Crippen LogP contribution < -0.4 is 10.9 Å². The molecule has 2 aromatic rings. The third-order valence-corrected chi connectivity index (χ3v) is 4.09. The Bertz CT molecular complexity index is 715. The van der Waals surface area contributed by atoms with Gasteiger partial charge < -0.3 is 5.32 Å². The summed E-state index contributed by atoms with van der Waals surface area (Å²) in [6.45, 7) is 1.64. The second kappa shape index (κ2) is 6.49. The molecule has 0 aliphatic carbocycles. The quantitative estimate of drug-likeness (QED) is 0.735. The van der Waals surface area contributed by atoms with Crippen molar-refractivity contribution in [2.24, 2.45) is 0 Å². The Kier molecular flexibility index (Phi) is 4.92. The minimum atomic E-state index is -0.272. The van der Waals surface area contributed by atoms with Gasteiger partial charge in [0.25, 0.3) is 5.56 Å². The van der Waals surface area contributed by atoms with E-state index in [2.05, 4.69) is 26.2 Å². The van der Waals surface area contributed by atoms with E-state index in [9.17, 15) is 9.59 Å². The number of nitrogens with zero attached hydrogens (tertiary/aromatic N) is 2. The van der Waals surface area contributed by atoms with Crippen LogP contribution in [-0.4, -0.2) is 15.5 Å². The molecule has 0 saturated heterocycles. The van der Waals surface area contributed by atoms with Crippen molar-refractivity contribution in [3.05, 3.63) is 54.7 Å². The fourth-order valence-corrected chi connectivity index (χ4v) is 2.45. The zero-order valence-corrected chi connectivity index (χ0v) is 14.3. The Balaban J connectivity index is 2.19. The highest BCUT2D eigenvalue weighted by Gasteiger charge is 2.11. The lowest BCUT2D eigenvalue weighted by molar-refractivity contribution is -0.116. The highest BCUT2D eigenvalue weighted by atomic mass is 127. The van der Waals surface area contributed by atoms with Crippen LogP contribution in [0.2, 0.25) is 0 Å². The summed E-state index contributed by atoms with van der Waals surface area (Å²) in [6, 6.07) is 7.30. The lowest BCUT2D eigenvalue weighted by atomic mass is 10.3. The maximum atomic E-state index is 12.0. The molecule has 2 rings (SSSR count). The van der Waals surface area contributed by atoms with Gasteiger partial charge in [0.1, 0.15) is 12.4 Å². The van der Waals surface area contributed by atoms with E-state index in [1.54, 1.807) is 13.0 Å². The van der Waals surface area contributed by atoms with E-state index in [1.165, 1.54) is 10.8 Å². The van der Waals surface area contributed by atoms with Crippen LogP contribution in [0.1, 0.15) is 5.82 Å². The zero-order valence-electron chi connectivity index (χ0n) is 10.6. The number of aryl methyl sites for hydroxylation is 1. The predicted octanol–water partition coefficient (Wildman–Crippen LogP) is 2.56. The second-order valence-corrected chi connectivity index (χ2v) is 6.09. The van der Waals surface area contributed by atoms with Gasteiger partial charge in [-0.05, 0) is 57.6 Å². The Morgan fingerprint density at radius 1 is 1.45 bits per heavy atom. The number of rotatable bonds is 3. The molecule has 20 heavy (non-hydrogen) atoms. The second-order valence-electron chi connectivity index (χ2n) is 4.07. The molecule has 7 heteroatoms. The molecule has 0 unspecified atom stereocenters. The van der Waals surface area contributed by atoms with Crippen LogP contribution in [-0.2, 0) is 11.3 Å². The number of carbonyl (C=O) groups excluding carboxylic acids is 1. The molecule has 0 spiro atoms. The minimum absolute atomic E-state index is 0.0597. The Labute approximate surface area is 137 Å². The van der Waals surface area contributed by atoms with Crippen LogP contribution in [0.15, 0.2) is 39.7 Å². The smallest absolute Gasteiger partial charge is 0.267 e. The van der Waals surface area contributed by atoms with Gasteiger partial charge >= 0.3 is 0 Å². The van der Waals surface area contributed by atoms with Gasteiger partial charge in [-0.1, -0.05) is 12.1 Å². The van der Waals surface area contributed by atoms with Crippen LogP contribution >= 0.6 is 38.5 Å². The summed E-state index contributed by atoms with van der Waals surface area (Å²) in [5, 5.41) is 2.76. The zero-order chi connectivity index (χ0) is 14.7. The van der Waals surface area contributed by atoms with Crippen molar-refractivity contribution in [3.8, 4) is 0 Å². The number of hydrogen-bond acceptors (Lipinski definition) is 3. The Morgan fingerprint density at radius 2 is 2.15 bits per heavy atom. The van der Waals surface area contributed by atoms with Gasteiger partial charge in [0, 0.05) is 10.7 Å². The molecule has 0 radical (unpaired) electrons. The van der Waals surface area contributed by atoms with Crippen LogP contribution in [0.5, 0.6) is 0 Å². The van der Waals surface area contributed by atoms with Gasteiger partial charge in [0.05, 0.1) is 9.26 Å². The first kappa shape index (κ1) is 15.2. The SMILES string of the molecule is Cc1ncc(I)c(=O)n1CC(=O)Nc1ccccc1Br. The number of anilines is 1. The molecule has 0 atom stereocenters. The molecule has 0 aliphatic rings. The van der Waals surface area contributed by atoms with E-state index in [4.69, 9.17) is 0 Å². The molecule has 0 aliphatic heterocycles. The van der Waals surface area contributed by atoms with E-state index in [1.807, 2.05) is 40.8 Å². The molecule has 0 bridgehead atoms. The number of halogens is 2. The third kappa shape index (κ3) is 3.45. The number of benzene rings is 1. The number of aromatic nitrogens is 2. The summed E-state index contributed by atoms with van der Waals surface area (Å²) < 4.78 is 2.63. The average Bonchev–Trinajstić information content (AvgIpc) is 2.42. The summed E-state index contributed by atoms with van der Waals surface area (Å²) in [4.78, 5) is 28.1. The van der Waals surface area contributed by atoms with Crippen LogP contribution in [0.25, 0.3) is 0 Å².